The number of nitrogens with one attached hydrogen (secondary N) is 1. The van der Waals surface area contributed by atoms with E-state index in [9.17, 15) is 9.59 Å². The molecule has 1 saturated heterocycles. The lowest BCUT2D eigenvalue weighted by atomic mass is 9.99. The number of aromatic nitrogens is 3. The first kappa shape index (κ1) is 24.9. The Morgan fingerprint density at radius 2 is 1.86 bits per heavy atom. The molecule has 1 fully saturated rings. The lowest BCUT2D eigenvalue weighted by Crippen LogP contribution is -2.38. The summed E-state index contributed by atoms with van der Waals surface area (Å²) in [5.74, 6) is -0.453. The van der Waals surface area contributed by atoms with Gasteiger partial charge >= 0.3 is 0 Å². The number of benzene rings is 2. The van der Waals surface area contributed by atoms with Gasteiger partial charge in [-0.25, -0.2) is 9.97 Å². The number of para-hydroxylation sites is 1. The summed E-state index contributed by atoms with van der Waals surface area (Å²) in [6.45, 7) is 6.49. The van der Waals surface area contributed by atoms with E-state index in [4.69, 9.17) is 10.5 Å². The first-order chi connectivity index (χ1) is 17.9. The van der Waals surface area contributed by atoms with Gasteiger partial charge in [-0.15, -0.1) is 0 Å². The van der Waals surface area contributed by atoms with Crippen molar-refractivity contribution in [2.24, 2.45) is 0 Å². The number of nitrogens with two attached hydrogens (primary N) is 1. The fourth-order valence-electron chi connectivity index (χ4n) is 4.90. The zero-order chi connectivity index (χ0) is 26.1. The molecule has 0 bridgehead atoms. The van der Waals surface area contributed by atoms with E-state index in [0.29, 0.717) is 47.7 Å². The van der Waals surface area contributed by atoms with Gasteiger partial charge in [-0.1, -0.05) is 30.3 Å². The summed E-state index contributed by atoms with van der Waals surface area (Å²) >= 11 is 3.24. The highest BCUT2D eigenvalue weighted by Gasteiger charge is 2.25. The molecule has 9 nitrogen and oxygen atoms in total. The van der Waals surface area contributed by atoms with Crippen LogP contribution in [0.2, 0.25) is 0 Å². The molecule has 0 unspecified atom stereocenters. The van der Waals surface area contributed by atoms with Crippen LogP contribution >= 0.6 is 15.9 Å². The number of fused-ring (bicyclic) bond motifs is 1. The van der Waals surface area contributed by atoms with Crippen LogP contribution in [0.5, 0.6) is 0 Å². The molecule has 0 aliphatic carbocycles. The van der Waals surface area contributed by atoms with E-state index in [-0.39, 0.29) is 17.1 Å². The molecule has 3 heterocycles. The third kappa shape index (κ3) is 4.70. The third-order valence-electron chi connectivity index (χ3n) is 6.60. The number of morpholine rings is 1. The van der Waals surface area contributed by atoms with E-state index < -0.39 is 11.9 Å². The average molecular weight is 563 g/mol. The topological polar surface area (TPSA) is 115 Å². The van der Waals surface area contributed by atoms with Crippen molar-refractivity contribution < 1.29 is 9.53 Å². The predicted octanol–water partition coefficient (Wildman–Crippen LogP) is 3.76. The molecule has 0 saturated carbocycles. The van der Waals surface area contributed by atoms with Crippen molar-refractivity contribution in [1.82, 2.24) is 19.9 Å². The van der Waals surface area contributed by atoms with Crippen LogP contribution in [0.15, 0.2) is 64.1 Å². The molecule has 1 aliphatic heterocycles. The van der Waals surface area contributed by atoms with Crippen molar-refractivity contribution in [2.45, 2.75) is 19.9 Å². The lowest BCUT2D eigenvalue weighted by molar-refractivity contribution is 0.0934. The first-order valence-electron chi connectivity index (χ1n) is 12.0. The van der Waals surface area contributed by atoms with Crippen LogP contribution in [0.25, 0.3) is 16.5 Å². The van der Waals surface area contributed by atoms with Gasteiger partial charge in [-0.3, -0.25) is 14.2 Å². The van der Waals surface area contributed by atoms with Gasteiger partial charge in [0, 0.05) is 18.8 Å². The van der Waals surface area contributed by atoms with Crippen molar-refractivity contribution in [2.75, 3.05) is 36.9 Å². The fourth-order valence-corrected chi connectivity index (χ4v) is 5.18. The van der Waals surface area contributed by atoms with Crippen LogP contribution in [0, 0.1) is 6.92 Å². The lowest BCUT2D eigenvalue weighted by Gasteiger charge is -2.31. The molecule has 37 heavy (non-hydrogen) atoms. The van der Waals surface area contributed by atoms with Crippen molar-refractivity contribution >= 4 is 44.1 Å². The Kier molecular flexibility index (Phi) is 6.94. The smallest absolute Gasteiger partial charge is 0.274 e. The second kappa shape index (κ2) is 10.3. The van der Waals surface area contributed by atoms with Crippen LogP contribution < -0.4 is 21.5 Å². The zero-order valence-corrected chi connectivity index (χ0v) is 22.2. The van der Waals surface area contributed by atoms with Crippen molar-refractivity contribution in [1.29, 1.82) is 0 Å². The van der Waals surface area contributed by atoms with Crippen molar-refractivity contribution in [3.05, 3.63) is 86.6 Å². The summed E-state index contributed by atoms with van der Waals surface area (Å²) in [6.07, 6.45) is 1.43. The maximum Gasteiger partial charge on any atom is 0.274 e. The number of rotatable bonds is 5. The van der Waals surface area contributed by atoms with E-state index >= 15 is 0 Å². The predicted molar refractivity (Wildman–Crippen MR) is 147 cm³/mol. The summed E-state index contributed by atoms with van der Waals surface area (Å²) in [5.41, 5.74) is 8.97. The van der Waals surface area contributed by atoms with Crippen molar-refractivity contribution in [3.63, 3.8) is 0 Å². The number of pyridine rings is 1. The zero-order valence-electron chi connectivity index (χ0n) is 20.6. The van der Waals surface area contributed by atoms with Crippen LogP contribution in [0.3, 0.4) is 0 Å². The second-order valence-electron chi connectivity index (χ2n) is 8.91. The summed E-state index contributed by atoms with van der Waals surface area (Å²) in [6, 6.07) is 14.8. The largest absolute Gasteiger partial charge is 0.382 e. The Morgan fingerprint density at radius 1 is 1.14 bits per heavy atom. The molecule has 2 aromatic heterocycles. The first-order valence-corrected chi connectivity index (χ1v) is 12.8. The summed E-state index contributed by atoms with van der Waals surface area (Å²) < 4.78 is 7.63. The van der Waals surface area contributed by atoms with Crippen LogP contribution in [-0.2, 0) is 4.74 Å². The average Bonchev–Trinajstić information content (AvgIpc) is 2.92. The molecule has 3 N–H and O–H groups in total. The number of carbonyl (C=O) groups excluding carboxylic acids is 1. The molecular formula is C27H27BrN6O3. The fraction of sp³-hybridized carbons (Fsp3) is 0.259. The Balaban J connectivity index is 1.69. The molecule has 1 amide bonds. The number of ether oxygens (including phenoxy) is 1. The number of halogens is 1. The SMILES string of the molecule is Cc1c([C@H](C)NC(=O)c2nc(Br)cnc2N)n(-c2ccccc2)c(=O)c2c(N3CCOCC3)cccc12. The van der Waals surface area contributed by atoms with E-state index in [0.717, 1.165) is 16.6 Å². The van der Waals surface area contributed by atoms with E-state index in [2.05, 4.69) is 36.1 Å². The van der Waals surface area contributed by atoms with Crippen LogP contribution in [0.4, 0.5) is 11.5 Å². The number of nitrogens with zero attached hydrogens (tertiary/aromatic N) is 4. The molecule has 5 rings (SSSR count). The van der Waals surface area contributed by atoms with E-state index in [1.165, 1.54) is 6.20 Å². The highest BCUT2D eigenvalue weighted by Crippen LogP contribution is 2.32. The minimum atomic E-state index is -0.544. The Morgan fingerprint density at radius 3 is 2.59 bits per heavy atom. The number of aryl methyl sites for hydroxylation is 1. The third-order valence-corrected chi connectivity index (χ3v) is 6.98. The number of hydrogen-bond donors (Lipinski definition) is 2. The van der Waals surface area contributed by atoms with Gasteiger partial charge in [0.1, 0.15) is 4.60 Å². The standard InChI is InChI=1S/C27H27BrN6O3/c1-16-19-9-6-10-20(33-11-13-37-14-12-33)22(19)27(36)34(18-7-4-3-5-8-18)24(16)17(2)31-26(35)23-25(29)30-15-21(28)32-23/h3-10,15,17H,11-14H2,1-2H3,(H2,29,30)(H,31,35)/t17-/m0/s1. The van der Waals surface area contributed by atoms with Gasteiger partial charge in [-0.05, 0) is 58.9 Å². The number of anilines is 2. The Bertz CT molecular complexity index is 1530. The maximum absolute atomic E-state index is 14.3. The van der Waals surface area contributed by atoms with Gasteiger partial charge in [-0.2, -0.15) is 0 Å². The maximum atomic E-state index is 14.3. The Labute approximate surface area is 222 Å². The molecule has 2 aromatic carbocycles. The van der Waals surface area contributed by atoms with Crippen molar-refractivity contribution in [3.8, 4) is 5.69 Å². The van der Waals surface area contributed by atoms with Gasteiger partial charge in [0.2, 0.25) is 0 Å². The van der Waals surface area contributed by atoms with Gasteiger partial charge in [0.05, 0.1) is 42.2 Å². The number of nitrogen functional groups attached to an aromatic ring is 1. The minimum Gasteiger partial charge on any atom is -0.382 e. The van der Waals surface area contributed by atoms with Crippen LogP contribution in [0.1, 0.15) is 34.7 Å². The molecule has 4 aromatic rings. The molecular weight excluding hydrogens is 536 g/mol. The van der Waals surface area contributed by atoms with E-state index in [1.807, 2.05) is 62.4 Å². The normalized spacial score (nSPS) is 14.5. The highest BCUT2D eigenvalue weighted by molar-refractivity contribution is 9.10. The molecule has 1 atom stereocenters. The summed E-state index contributed by atoms with van der Waals surface area (Å²) in [7, 11) is 0. The number of carbonyl (C=O) groups is 1. The van der Waals surface area contributed by atoms with Gasteiger partial charge in [0.25, 0.3) is 11.5 Å². The highest BCUT2D eigenvalue weighted by atomic mass is 79.9. The molecule has 10 heteroatoms. The van der Waals surface area contributed by atoms with Gasteiger partial charge < -0.3 is 20.7 Å². The molecule has 0 spiro atoms. The minimum absolute atomic E-state index is 0.0166. The molecule has 190 valence electrons. The molecule has 0 radical (unpaired) electrons. The quantitative estimate of drug-likeness (QED) is 0.380. The Hall–Kier alpha value is -3.76. The van der Waals surface area contributed by atoms with E-state index in [1.54, 1.807) is 4.57 Å². The van der Waals surface area contributed by atoms with Gasteiger partial charge in [0.15, 0.2) is 11.5 Å². The second-order valence-corrected chi connectivity index (χ2v) is 9.72. The summed E-state index contributed by atoms with van der Waals surface area (Å²) in [5, 5.41) is 4.47. The number of hydrogen-bond acceptors (Lipinski definition) is 7. The monoisotopic (exact) mass is 562 g/mol. The molecule has 1 aliphatic rings. The van der Waals surface area contributed by atoms with Crippen LogP contribution in [-0.4, -0.2) is 46.7 Å². The summed E-state index contributed by atoms with van der Waals surface area (Å²) in [4.78, 5) is 37.8. The number of amides is 1.